The smallest absolute Gasteiger partial charge is 0.177 e. The van der Waals surface area contributed by atoms with Gasteiger partial charge in [-0.1, -0.05) is 12.1 Å². The molecule has 0 radical (unpaired) electrons. The molecule has 0 fully saturated rings. The molecule has 1 aromatic heterocycles. The fourth-order valence-corrected chi connectivity index (χ4v) is 1.62. The lowest BCUT2D eigenvalue weighted by Crippen LogP contribution is -2.08. The van der Waals surface area contributed by atoms with E-state index in [1.807, 2.05) is 55.4 Å². The van der Waals surface area contributed by atoms with Crippen molar-refractivity contribution in [1.29, 1.82) is 10.5 Å². The summed E-state index contributed by atoms with van der Waals surface area (Å²) in [5.41, 5.74) is 2.62. The Labute approximate surface area is 111 Å². The van der Waals surface area contributed by atoms with Crippen LogP contribution >= 0.6 is 0 Å². The molecule has 0 aliphatic rings. The Morgan fingerprint density at radius 2 is 1.63 bits per heavy atom. The van der Waals surface area contributed by atoms with Crippen molar-refractivity contribution in [2.45, 2.75) is 0 Å². The predicted molar refractivity (Wildman–Crippen MR) is 71.2 cm³/mol. The zero-order valence-electron chi connectivity index (χ0n) is 10.6. The van der Waals surface area contributed by atoms with Crippen molar-refractivity contribution in [1.82, 2.24) is 9.97 Å². The standard InChI is InChI=1S/C14H11N5/c1-19(2)11-5-3-10(4-6-11)14-9-17-12(7-15)13(8-16)18-14/h3-6,9H,1-2H3. The normalized spacial score (nSPS) is 9.47. The lowest BCUT2D eigenvalue weighted by atomic mass is 10.1. The Hall–Kier alpha value is -2.92. The van der Waals surface area contributed by atoms with Gasteiger partial charge in [0.2, 0.25) is 0 Å². The van der Waals surface area contributed by atoms with Gasteiger partial charge in [0.15, 0.2) is 11.4 Å². The Balaban J connectivity index is 2.43. The van der Waals surface area contributed by atoms with E-state index >= 15 is 0 Å². The molecule has 5 heteroatoms. The molecule has 1 aromatic carbocycles. The van der Waals surface area contributed by atoms with E-state index in [2.05, 4.69) is 9.97 Å². The summed E-state index contributed by atoms with van der Waals surface area (Å²) in [6, 6.07) is 11.5. The lowest BCUT2D eigenvalue weighted by molar-refractivity contribution is 1.12. The van der Waals surface area contributed by atoms with Crippen LogP contribution in [0.25, 0.3) is 11.3 Å². The number of nitriles is 2. The van der Waals surface area contributed by atoms with Crippen molar-refractivity contribution in [3.05, 3.63) is 41.9 Å². The average molecular weight is 249 g/mol. The minimum absolute atomic E-state index is 0.0520. The Morgan fingerprint density at radius 3 is 2.16 bits per heavy atom. The van der Waals surface area contributed by atoms with Gasteiger partial charge in [-0.25, -0.2) is 9.97 Å². The van der Waals surface area contributed by atoms with Gasteiger partial charge >= 0.3 is 0 Å². The van der Waals surface area contributed by atoms with Crippen LogP contribution in [0.2, 0.25) is 0 Å². The Kier molecular flexibility index (Phi) is 3.40. The van der Waals surface area contributed by atoms with Crippen molar-refractivity contribution >= 4 is 5.69 Å². The summed E-state index contributed by atoms with van der Waals surface area (Å²) in [7, 11) is 3.93. The highest BCUT2D eigenvalue weighted by atomic mass is 15.1. The molecule has 2 aromatic rings. The molecule has 0 aliphatic carbocycles. The van der Waals surface area contributed by atoms with Crippen LogP contribution in [0.5, 0.6) is 0 Å². The molecule has 0 bridgehead atoms. The van der Waals surface area contributed by atoms with Crippen LogP contribution in [0.1, 0.15) is 11.4 Å². The summed E-state index contributed by atoms with van der Waals surface area (Å²) in [5.74, 6) is 0. The molecule has 0 saturated heterocycles. The average Bonchev–Trinajstić information content (AvgIpc) is 2.46. The number of aromatic nitrogens is 2. The molecule has 92 valence electrons. The van der Waals surface area contributed by atoms with E-state index in [9.17, 15) is 0 Å². The summed E-state index contributed by atoms with van der Waals surface area (Å²) < 4.78 is 0. The van der Waals surface area contributed by atoms with E-state index in [0.29, 0.717) is 5.69 Å². The number of hydrogen-bond donors (Lipinski definition) is 0. The topological polar surface area (TPSA) is 76.6 Å². The molecular weight excluding hydrogens is 238 g/mol. The number of rotatable bonds is 2. The molecule has 0 atom stereocenters. The van der Waals surface area contributed by atoms with Crippen LogP contribution in [-0.4, -0.2) is 24.1 Å². The second-order valence-corrected chi connectivity index (χ2v) is 4.12. The molecule has 0 amide bonds. The lowest BCUT2D eigenvalue weighted by Gasteiger charge is -2.12. The monoisotopic (exact) mass is 249 g/mol. The third-order valence-electron chi connectivity index (χ3n) is 2.66. The number of hydrogen-bond acceptors (Lipinski definition) is 5. The molecule has 19 heavy (non-hydrogen) atoms. The van der Waals surface area contributed by atoms with Gasteiger partial charge in [0.05, 0.1) is 11.9 Å². The van der Waals surface area contributed by atoms with Crippen molar-refractivity contribution in [3.8, 4) is 23.4 Å². The summed E-state index contributed by atoms with van der Waals surface area (Å²) in [6.45, 7) is 0. The highest BCUT2D eigenvalue weighted by Gasteiger charge is 2.08. The van der Waals surface area contributed by atoms with Gasteiger partial charge in [0.25, 0.3) is 0 Å². The van der Waals surface area contributed by atoms with Crippen LogP contribution in [0.3, 0.4) is 0 Å². The van der Waals surface area contributed by atoms with Gasteiger partial charge in [0, 0.05) is 25.3 Å². The fraction of sp³-hybridized carbons (Fsp3) is 0.143. The highest BCUT2D eigenvalue weighted by molar-refractivity contribution is 5.63. The molecule has 2 rings (SSSR count). The SMILES string of the molecule is CN(C)c1ccc(-c2cnc(C#N)c(C#N)n2)cc1. The van der Waals surface area contributed by atoms with E-state index in [1.165, 1.54) is 6.20 Å². The maximum Gasteiger partial charge on any atom is 0.177 e. The second-order valence-electron chi connectivity index (χ2n) is 4.12. The van der Waals surface area contributed by atoms with Gasteiger partial charge in [-0.15, -0.1) is 0 Å². The molecule has 0 spiro atoms. The first-order chi connectivity index (χ1) is 9.15. The van der Waals surface area contributed by atoms with E-state index in [1.54, 1.807) is 0 Å². The third kappa shape index (κ3) is 2.51. The predicted octanol–water partition coefficient (Wildman–Crippen LogP) is 1.95. The fourth-order valence-electron chi connectivity index (χ4n) is 1.62. The number of anilines is 1. The third-order valence-corrected chi connectivity index (χ3v) is 2.66. The van der Waals surface area contributed by atoms with Crippen LogP contribution < -0.4 is 4.90 Å². The summed E-state index contributed by atoms with van der Waals surface area (Å²) in [5, 5.41) is 17.7. The van der Waals surface area contributed by atoms with Gasteiger partial charge in [-0.2, -0.15) is 10.5 Å². The van der Waals surface area contributed by atoms with E-state index in [-0.39, 0.29) is 11.4 Å². The quantitative estimate of drug-likeness (QED) is 0.813. The minimum Gasteiger partial charge on any atom is -0.378 e. The molecule has 5 nitrogen and oxygen atoms in total. The Bertz CT molecular complexity index is 674. The highest BCUT2D eigenvalue weighted by Crippen LogP contribution is 2.20. The summed E-state index contributed by atoms with van der Waals surface area (Å²) >= 11 is 0. The van der Waals surface area contributed by atoms with E-state index < -0.39 is 0 Å². The number of nitrogens with zero attached hydrogens (tertiary/aromatic N) is 5. The van der Waals surface area contributed by atoms with Gasteiger partial charge in [0.1, 0.15) is 12.1 Å². The molecule has 0 N–H and O–H groups in total. The molecule has 0 saturated carbocycles. The van der Waals surface area contributed by atoms with Gasteiger partial charge < -0.3 is 4.90 Å². The zero-order chi connectivity index (χ0) is 13.8. The largest absolute Gasteiger partial charge is 0.378 e. The van der Waals surface area contributed by atoms with Crippen LogP contribution in [0.4, 0.5) is 5.69 Å². The first-order valence-electron chi connectivity index (χ1n) is 5.60. The summed E-state index contributed by atoms with van der Waals surface area (Å²) in [4.78, 5) is 10.1. The van der Waals surface area contributed by atoms with Crippen molar-refractivity contribution < 1.29 is 0 Å². The maximum atomic E-state index is 8.93. The van der Waals surface area contributed by atoms with Crippen LogP contribution in [0, 0.1) is 22.7 Å². The molecular formula is C14H11N5. The van der Waals surface area contributed by atoms with E-state index in [4.69, 9.17) is 10.5 Å². The second kappa shape index (κ2) is 5.16. The number of benzene rings is 1. The van der Waals surface area contributed by atoms with Gasteiger partial charge in [-0.05, 0) is 12.1 Å². The molecule has 1 heterocycles. The van der Waals surface area contributed by atoms with Crippen LogP contribution in [-0.2, 0) is 0 Å². The van der Waals surface area contributed by atoms with Gasteiger partial charge in [-0.3, -0.25) is 0 Å². The van der Waals surface area contributed by atoms with Crippen molar-refractivity contribution in [3.63, 3.8) is 0 Å². The zero-order valence-corrected chi connectivity index (χ0v) is 10.6. The minimum atomic E-state index is 0.0520. The van der Waals surface area contributed by atoms with Crippen molar-refractivity contribution in [2.75, 3.05) is 19.0 Å². The Morgan fingerprint density at radius 1 is 1.00 bits per heavy atom. The first kappa shape index (κ1) is 12.5. The van der Waals surface area contributed by atoms with E-state index in [0.717, 1.165) is 11.3 Å². The first-order valence-corrected chi connectivity index (χ1v) is 5.60. The summed E-state index contributed by atoms with van der Waals surface area (Å²) in [6.07, 6.45) is 1.50. The molecule has 0 aliphatic heterocycles. The molecule has 0 unspecified atom stereocenters. The van der Waals surface area contributed by atoms with Crippen LogP contribution in [0.15, 0.2) is 30.5 Å². The maximum absolute atomic E-state index is 8.93. The van der Waals surface area contributed by atoms with Crippen molar-refractivity contribution in [2.24, 2.45) is 0 Å².